The fourth-order valence-electron chi connectivity index (χ4n) is 5.57. The fraction of sp³-hybridized carbons (Fsp3) is 0. The van der Waals surface area contributed by atoms with Crippen LogP contribution in [0.2, 0.25) is 0 Å². The maximum absolute atomic E-state index is 9.32. The molecule has 0 N–H and O–H groups in total. The van der Waals surface area contributed by atoms with E-state index in [0.29, 0.717) is 11.1 Å². The Labute approximate surface area is 266 Å². The van der Waals surface area contributed by atoms with Crippen LogP contribution in [0.1, 0.15) is 13.7 Å². The van der Waals surface area contributed by atoms with Crippen LogP contribution in [0.4, 0.5) is 0 Å². The Bertz CT molecular complexity index is 3040. The molecule has 3 aromatic heterocycles. The number of fused-ring (bicyclic) bond motifs is 7. The van der Waals surface area contributed by atoms with Crippen LogP contribution in [0.3, 0.4) is 0 Å². The molecule has 0 aliphatic carbocycles. The first-order valence-corrected chi connectivity index (χ1v) is 13.8. The van der Waals surface area contributed by atoms with Gasteiger partial charge in [-0.15, -0.1) is 0 Å². The molecule has 6 aromatic carbocycles. The van der Waals surface area contributed by atoms with Crippen LogP contribution in [0.25, 0.3) is 83.6 Å². The van der Waals surface area contributed by atoms with E-state index in [1.54, 1.807) is 0 Å². The Hall–Kier alpha value is -6.07. The molecular formula is C39H24N4O. The fourth-order valence-corrected chi connectivity index (χ4v) is 5.57. The molecule has 3 heterocycles. The van der Waals surface area contributed by atoms with E-state index in [9.17, 15) is 1.37 Å². The van der Waals surface area contributed by atoms with E-state index >= 15 is 0 Å². The Morgan fingerprint density at radius 1 is 0.477 bits per heavy atom. The lowest BCUT2D eigenvalue weighted by atomic mass is 10.0. The third-order valence-corrected chi connectivity index (χ3v) is 7.59. The first kappa shape index (κ1) is 16.5. The third kappa shape index (κ3) is 3.83. The average Bonchev–Trinajstić information content (AvgIpc) is 3.78. The van der Waals surface area contributed by atoms with Crippen molar-refractivity contribution < 1.29 is 18.1 Å². The highest BCUT2D eigenvalue weighted by Gasteiger charge is 2.21. The maximum atomic E-state index is 9.32. The summed E-state index contributed by atoms with van der Waals surface area (Å²) in [6, 6.07) is 21.5. The number of para-hydroxylation sites is 2. The first-order valence-electron chi connectivity index (χ1n) is 18.8. The second kappa shape index (κ2) is 9.75. The molecule has 0 fully saturated rings. The predicted octanol–water partition coefficient (Wildman–Crippen LogP) is 9.87. The lowest BCUT2D eigenvalue weighted by molar-refractivity contribution is 0.669. The summed E-state index contributed by atoms with van der Waals surface area (Å²) >= 11 is 0. The van der Waals surface area contributed by atoms with Crippen molar-refractivity contribution in [2.24, 2.45) is 0 Å². The van der Waals surface area contributed by atoms with Gasteiger partial charge in [-0.05, 0) is 35.3 Å². The van der Waals surface area contributed by atoms with Crippen LogP contribution in [-0.2, 0) is 0 Å². The minimum absolute atomic E-state index is 0.0100. The van der Waals surface area contributed by atoms with Crippen molar-refractivity contribution >= 4 is 43.7 Å². The van der Waals surface area contributed by atoms with Gasteiger partial charge in [-0.2, -0.15) is 9.97 Å². The molecule has 0 aliphatic heterocycles. The Kier molecular flexibility index (Phi) is 3.66. The molecule has 0 atom stereocenters. The second-order valence-corrected chi connectivity index (χ2v) is 10.1. The number of rotatable bonds is 4. The minimum Gasteiger partial charge on any atom is -0.456 e. The summed E-state index contributed by atoms with van der Waals surface area (Å²) in [6.45, 7) is 0. The van der Waals surface area contributed by atoms with Gasteiger partial charge in [-0.1, -0.05) is 121 Å². The summed E-state index contributed by atoms with van der Waals surface area (Å²) in [7, 11) is 0. The van der Waals surface area contributed by atoms with Crippen LogP contribution >= 0.6 is 0 Å². The van der Waals surface area contributed by atoms with Crippen LogP contribution in [0.15, 0.2) is 150 Å². The third-order valence-electron chi connectivity index (χ3n) is 7.59. The number of aromatic nitrogens is 4. The van der Waals surface area contributed by atoms with E-state index < -0.39 is 60.4 Å². The summed E-state index contributed by atoms with van der Waals surface area (Å²) < 4.78 is 95.3. The molecule has 5 heteroatoms. The van der Waals surface area contributed by atoms with Crippen LogP contribution in [-0.4, -0.2) is 19.5 Å². The molecule has 9 aromatic rings. The molecule has 44 heavy (non-hydrogen) atoms. The van der Waals surface area contributed by atoms with Crippen LogP contribution in [0.5, 0.6) is 0 Å². The van der Waals surface area contributed by atoms with Gasteiger partial charge in [0.1, 0.15) is 11.2 Å². The van der Waals surface area contributed by atoms with Gasteiger partial charge in [0, 0.05) is 32.7 Å². The highest BCUT2D eigenvalue weighted by molar-refractivity contribution is 6.27. The molecule has 0 spiro atoms. The number of nitrogens with zero attached hydrogens (tertiary/aromatic N) is 4. The predicted molar refractivity (Wildman–Crippen MR) is 178 cm³/mol. The maximum Gasteiger partial charge on any atom is 0.238 e. The van der Waals surface area contributed by atoms with Gasteiger partial charge in [0.2, 0.25) is 5.95 Å². The van der Waals surface area contributed by atoms with Gasteiger partial charge in [0.25, 0.3) is 0 Å². The number of hydrogen-bond donors (Lipinski definition) is 0. The van der Waals surface area contributed by atoms with Gasteiger partial charge in [0.05, 0.1) is 24.7 Å². The molecule has 206 valence electrons. The molecule has 0 aliphatic rings. The highest BCUT2D eigenvalue weighted by Crippen LogP contribution is 2.41. The Morgan fingerprint density at radius 2 is 1.07 bits per heavy atom. The van der Waals surface area contributed by atoms with Crippen molar-refractivity contribution in [3.05, 3.63) is 145 Å². The Morgan fingerprint density at radius 3 is 1.82 bits per heavy atom. The normalized spacial score (nSPS) is 14.8. The molecule has 0 radical (unpaired) electrons. The van der Waals surface area contributed by atoms with Crippen molar-refractivity contribution in [3.8, 4) is 39.9 Å². The van der Waals surface area contributed by atoms with Crippen molar-refractivity contribution in [2.45, 2.75) is 0 Å². The zero-order chi connectivity index (χ0) is 37.7. The molecule has 5 nitrogen and oxygen atoms in total. The van der Waals surface area contributed by atoms with E-state index in [2.05, 4.69) is 0 Å². The summed E-state index contributed by atoms with van der Waals surface area (Å²) in [6.07, 6.45) is 0. The van der Waals surface area contributed by atoms with Crippen molar-refractivity contribution in [2.75, 3.05) is 0 Å². The summed E-state index contributed by atoms with van der Waals surface area (Å²) in [4.78, 5) is 14.5. The average molecular weight is 575 g/mol. The number of furan rings is 1. The number of benzene rings is 6. The van der Waals surface area contributed by atoms with Crippen molar-refractivity contribution in [1.82, 2.24) is 19.5 Å². The standard InChI is InChI=1S/C39H24N4O/c1-3-11-25(12-4-1)26-19-21-28(22-20-26)38-40-37(27-13-5-2-6-14-27)41-39(42-38)43-31-17-9-7-15-29(31)35-32(43)23-24-34-36(35)30-16-8-10-18-33(30)44-34/h1-24H/i7D,8D,9D,10D,15D,16D,17D,18D,23D,24D. The minimum atomic E-state index is -0.560. The van der Waals surface area contributed by atoms with E-state index in [1.165, 1.54) is 4.57 Å². The van der Waals surface area contributed by atoms with Gasteiger partial charge >= 0.3 is 0 Å². The molecule has 0 saturated carbocycles. The first-order chi connectivity index (χ1) is 26.0. The molecule has 9 rings (SSSR count). The zero-order valence-corrected chi connectivity index (χ0v) is 22.8. The van der Waals surface area contributed by atoms with E-state index in [1.807, 2.05) is 84.9 Å². The molecule has 0 bridgehead atoms. The van der Waals surface area contributed by atoms with E-state index in [0.717, 1.165) is 11.1 Å². The second-order valence-electron chi connectivity index (χ2n) is 10.1. The smallest absolute Gasteiger partial charge is 0.238 e. The number of hydrogen-bond acceptors (Lipinski definition) is 4. The lowest BCUT2D eigenvalue weighted by Crippen LogP contribution is -2.06. The summed E-state index contributed by atoms with van der Waals surface area (Å²) in [5, 5.41) is -0.0936. The quantitative estimate of drug-likeness (QED) is 0.210. The molecule has 0 amide bonds. The van der Waals surface area contributed by atoms with Gasteiger partial charge in [-0.25, -0.2) is 4.98 Å². The van der Waals surface area contributed by atoms with Crippen LogP contribution in [0, 0.1) is 0 Å². The SMILES string of the molecule is [2H]c1c([2H])c([2H])c2c(oc3c([2H])c([2H])c4c(c5c([2H])c([2H])c([2H])c([2H])c5n4-c4nc(-c5ccccc5)nc(-c5ccc(-c6ccccc6)cc5)n4)c32)c1[2H]. The van der Waals surface area contributed by atoms with E-state index in [4.69, 9.17) is 31.7 Å². The Balaban J connectivity index is 1.45. The largest absolute Gasteiger partial charge is 0.456 e. The molecular weight excluding hydrogens is 540 g/mol. The van der Waals surface area contributed by atoms with Crippen LogP contribution < -0.4 is 0 Å². The molecule has 0 unspecified atom stereocenters. The lowest BCUT2D eigenvalue weighted by Gasteiger charge is -2.11. The van der Waals surface area contributed by atoms with Gasteiger partial charge in [0.15, 0.2) is 11.6 Å². The van der Waals surface area contributed by atoms with Crippen molar-refractivity contribution in [1.29, 1.82) is 0 Å². The monoisotopic (exact) mass is 574 g/mol. The van der Waals surface area contributed by atoms with Gasteiger partial charge < -0.3 is 4.42 Å². The summed E-state index contributed by atoms with van der Waals surface area (Å²) in [5.41, 5.74) is 2.59. The zero-order valence-electron chi connectivity index (χ0n) is 32.8. The van der Waals surface area contributed by atoms with E-state index in [-0.39, 0.29) is 61.3 Å². The highest BCUT2D eigenvalue weighted by atomic mass is 16.3. The topological polar surface area (TPSA) is 56.7 Å². The molecule has 0 saturated heterocycles. The summed E-state index contributed by atoms with van der Waals surface area (Å²) in [5.74, 6) is 0.369. The van der Waals surface area contributed by atoms with Crippen molar-refractivity contribution in [3.63, 3.8) is 0 Å². The van der Waals surface area contributed by atoms with Gasteiger partial charge in [-0.3, -0.25) is 4.57 Å².